The molecule has 0 aliphatic heterocycles. The predicted molar refractivity (Wildman–Crippen MR) is 74.8 cm³/mol. The van der Waals surface area contributed by atoms with Crippen molar-refractivity contribution in [3.05, 3.63) is 46.0 Å². The van der Waals surface area contributed by atoms with Crippen molar-refractivity contribution in [1.82, 2.24) is 14.8 Å². The number of aromatic nitrogens is 3. The smallest absolute Gasteiger partial charge is 0.170 e. The van der Waals surface area contributed by atoms with Gasteiger partial charge in [-0.2, -0.15) is 5.10 Å². The van der Waals surface area contributed by atoms with Gasteiger partial charge in [0.15, 0.2) is 5.78 Å². The highest BCUT2D eigenvalue weighted by Crippen LogP contribution is 2.20. The van der Waals surface area contributed by atoms with Crippen LogP contribution in [0.5, 0.6) is 0 Å². The van der Waals surface area contributed by atoms with Crippen molar-refractivity contribution in [3.63, 3.8) is 0 Å². The molecule has 2 aromatic rings. The first-order chi connectivity index (χ1) is 9.10. The minimum absolute atomic E-state index is 0.0743. The van der Waals surface area contributed by atoms with Crippen molar-refractivity contribution in [2.24, 2.45) is 0 Å². The maximum Gasteiger partial charge on any atom is 0.170 e. The highest BCUT2D eigenvalue weighted by Gasteiger charge is 2.13. The number of benzene rings is 1. The Labute approximate surface area is 121 Å². The summed E-state index contributed by atoms with van der Waals surface area (Å²) in [4.78, 5) is 16.3. The maximum absolute atomic E-state index is 12.2. The van der Waals surface area contributed by atoms with Gasteiger partial charge >= 0.3 is 0 Å². The Hall–Kier alpha value is -1.39. The molecule has 4 nitrogen and oxygen atoms in total. The van der Waals surface area contributed by atoms with Crippen LogP contribution in [0.2, 0.25) is 10.0 Å². The third-order valence-electron chi connectivity index (χ3n) is 2.63. The van der Waals surface area contributed by atoms with Gasteiger partial charge in [0, 0.05) is 22.2 Å². The molecule has 0 amide bonds. The molecule has 100 valence electrons. The SMILES string of the molecule is CCCn1ncnc1CC(=O)c1cc(Cl)cc(Cl)c1. The van der Waals surface area contributed by atoms with Crippen molar-refractivity contribution in [2.45, 2.75) is 26.3 Å². The molecule has 0 saturated heterocycles. The van der Waals surface area contributed by atoms with E-state index < -0.39 is 0 Å². The van der Waals surface area contributed by atoms with Crippen molar-refractivity contribution in [2.75, 3.05) is 0 Å². The van der Waals surface area contributed by atoms with Crippen LogP contribution in [0.3, 0.4) is 0 Å². The molecular weight excluding hydrogens is 285 g/mol. The molecule has 0 aliphatic carbocycles. The van der Waals surface area contributed by atoms with Gasteiger partial charge in [0.1, 0.15) is 12.2 Å². The molecule has 0 radical (unpaired) electrons. The molecular formula is C13H13Cl2N3O. The fourth-order valence-corrected chi connectivity index (χ4v) is 2.31. The number of nitrogens with zero attached hydrogens (tertiary/aromatic N) is 3. The van der Waals surface area contributed by atoms with E-state index >= 15 is 0 Å². The zero-order valence-electron chi connectivity index (χ0n) is 10.4. The van der Waals surface area contributed by atoms with Crippen molar-refractivity contribution >= 4 is 29.0 Å². The van der Waals surface area contributed by atoms with E-state index in [1.807, 2.05) is 6.92 Å². The Kier molecular flexibility index (Phi) is 4.56. The topological polar surface area (TPSA) is 47.8 Å². The van der Waals surface area contributed by atoms with Crippen LogP contribution < -0.4 is 0 Å². The zero-order chi connectivity index (χ0) is 13.8. The van der Waals surface area contributed by atoms with Crippen LogP contribution in [0.4, 0.5) is 0 Å². The quantitative estimate of drug-likeness (QED) is 0.795. The number of rotatable bonds is 5. The second-order valence-electron chi connectivity index (χ2n) is 4.16. The minimum atomic E-state index is -0.0743. The Morgan fingerprint density at radius 3 is 2.58 bits per heavy atom. The first-order valence-electron chi connectivity index (χ1n) is 5.96. The van der Waals surface area contributed by atoms with Crippen LogP contribution in [0.15, 0.2) is 24.5 Å². The normalized spacial score (nSPS) is 10.7. The Balaban J connectivity index is 2.18. The Morgan fingerprint density at radius 1 is 1.26 bits per heavy atom. The van der Waals surface area contributed by atoms with Gasteiger partial charge in [0.05, 0.1) is 6.42 Å². The predicted octanol–water partition coefficient (Wildman–Crippen LogP) is 3.42. The summed E-state index contributed by atoms with van der Waals surface area (Å²) in [5, 5.41) is 4.99. The lowest BCUT2D eigenvalue weighted by Crippen LogP contribution is -2.11. The average Bonchev–Trinajstić information content (AvgIpc) is 2.76. The van der Waals surface area contributed by atoms with E-state index in [-0.39, 0.29) is 12.2 Å². The van der Waals surface area contributed by atoms with Gasteiger partial charge in [-0.3, -0.25) is 4.79 Å². The van der Waals surface area contributed by atoms with Crippen LogP contribution in [0, 0.1) is 0 Å². The molecule has 0 saturated carbocycles. The van der Waals surface area contributed by atoms with E-state index in [0.29, 0.717) is 21.4 Å². The number of ketones is 1. The lowest BCUT2D eigenvalue weighted by atomic mass is 10.1. The molecule has 2 rings (SSSR count). The average molecular weight is 298 g/mol. The molecule has 0 unspecified atom stereocenters. The zero-order valence-corrected chi connectivity index (χ0v) is 11.9. The van der Waals surface area contributed by atoms with Gasteiger partial charge in [0.25, 0.3) is 0 Å². The van der Waals surface area contributed by atoms with Crippen molar-refractivity contribution in [1.29, 1.82) is 0 Å². The number of hydrogen-bond acceptors (Lipinski definition) is 3. The summed E-state index contributed by atoms with van der Waals surface area (Å²) in [6, 6.07) is 4.81. The molecule has 1 aromatic heterocycles. The van der Waals surface area contributed by atoms with Gasteiger partial charge in [0.2, 0.25) is 0 Å². The molecule has 0 N–H and O–H groups in total. The minimum Gasteiger partial charge on any atom is -0.294 e. The number of carbonyl (C=O) groups excluding carboxylic acids is 1. The summed E-state index contributed by atoms with van der Waals surface area (Å²) in [7, 11) is 0. The van der Waals surface area contributed by atoms with Crippen LogP contribution >= 0.6 is 23.2 Å². The van der Waals surface area contributed by atoms with E-state index in [1.54, 1.807) is 22.9 Å². The summed E-state index contributed by atoms with van der Waals surface area (Å²) in [5.74, 6) is 0.581. The fourth-order valence-electron chi connectivity index (χ4n) is 1.78. The third kappa shape index (κ3) is 3.55. The van der Waals surface area contributed by atoms with E-state index in [9.17, 15) is 4.79 Å². The summed E-state index contributed by atoms with van der Waals surface area (Å²) in [6.45, 7) is 2.79. The second kappa shape index (κ2) is 6.17. The van der Waals surface area contributed by atoms with E-state index in [1.165, 1.54) is 6.33 Å². The molecule has 1 aromatic carbocycles. The van der Waals surface area contributed by atoms with Gasteiger partial charge in [-0.1, -0.05) is 30.1 Å². The number of Topliss-reactive ketones (excluding diaryl/α,β-unsaturated/α-hetero) is 1. The lowest BCUT2D eigenvalue weighted by molar-refractivity contribution is 0.0989. The molecule has 0 fully saturated rings. The first-order valence-corrected chi connectivity index (χ1v) is 6.71. The summed E-state index contributed by atoms with van der Waals surface area (Å²) >= 11 is 11.8. The standard InChI is InChI=1S/C13H13Cl2N3O/c1-2-3-18-13(16-8-17-18)7-12(19)9-4-10(14)6-11(15)5-9/h4-6,8H,2-3,7H2,1H3. The van der Waals surface area contributed by atoms with Crippen molar-refractivity contribution < 1.29 is 4.79 Å². The number of carbonyl (C=O) groups is 1. The van der Waals surface area contributed by atoms with Crippen molar-refractivity contribution in [3.8, 4) is 0 Å². The van der Waals surface area contributed by atoms with Crippen LogP contribution in [0.1, 0.15) is 29.5 Å². The van der Waals surface area contributed by atoms with Crippen LogP contribution in [-0.2, 0) is 13.0 Å². The third-order valence-corrected chi connectivity index (χ3v) is 3.07. The van der Waals surface area contributed by atoms with Gasteiger partial charge in [-0.15, -0.1) is 0 Å². The molecule has 0 atom stereocenters. The van der Waals surface area contributed by atoms with Gasteiger partial charge < -0.3 is 0 Å². The maximum atomic E-state index is 12.2. The number of aryl methyl sites for hydroxylation is 1. The molecule has 6 heteroatoms. The van der Waals surface area contributed by atoms with E-state index in [0.717, 1.165) is 13.0 Å². The molecule has 19 heavy (non-hydrogen) atoms. The molecule has 1 heterocycles. The van der Waals surface area contributed by atoms with Gasteiger partial charge in [-0.05, 0) is 24.6 Å². The van der Waals surface area contributed by atoms with Gasteiger partial charge in [-0.25, -0.2) is 9.67 Å². The fraction of sp³-hybridized carbons (Fsp3) is 0.308. The Bertz CT molecular complexity index is 575. The molecule has 0 bridgehead atoms. The summed E-state index contributed by atoms with van der Waals surface area (Å²) in [5.41, 5.74) is 0.489. The Morgan fingerprint density at radius 2 is 1.95 bits per heavy atom. The highest BCUT2D eigenvalue weighted by molar-refractivity contribution is 6.35. The second-order valence-corrected chi connectivity index (χ2v) is 5.03. The summed E-state index contributed by atoms with van der Waals surface area (Å²) in [6.07, 6.45) is 2.59. The number of halogens is 2. The highest BCUT2D eigenvalue weighted by atomic mass is 35.5. The van der Waals surface area contributed by atoms with Crippen LogP contribution in [-0.4, -0.2) is 20.5 Å². The first kappa shape index (κ1) is 14.0. The molecule has 0 aliphatic rings. The van der Waals surface area contributed by atoms with E-state index in [4.69, 9.17) is 23.2 Å². The number of hydrogen-bond donors (Lipinski definition) is 0. The lowest BCUT2D eigenvalue weighted by Gasteiger charge is -2.05. The van der Waals surface area contributed by atoms with E-state index in [2.05, 4.69) is 10.1 Å². The van der Waals surface area contributed by atoms with Crippen LogP contribution in [0.25, 0.3) is 0 Å². The molecule has 0 spiro atoms. The monoisotopic (exact) mass is 297 g/mol. The largest absolute Gasteiger partial charge is 0.294 e. The summed E-state index contributed by atoms with van der Waals surface area (Å²) < 4.78 is 1.74.